The molecule has 1 saturated heterocycles. The van der Waals surface area contributed by atoms with Gasteiger partial charge in [-0.2, -0.15) is 0 Å². The third kappa shape index (κ3) is 2.94. The van der Waals surface area contributed by atoms with E-state index in [0.29, 0.717) is 5.92 Å². The van der Waals surface area contributed by atoms with Crippen molar-refractivity contribution in [3.8, 4) is 11.4 Å². The Morgan fingerprint density at radius 3 is 2.55 bits per heavy atom. The zero-order valence-electron chi connectivity index (χ0n) is 11.5. The molecule has 0 spiro atoms. The zero-order chi connectivity index (χ0) is 13.1. The summed E-state index contributed by atoms with van der Waals surface area (Å²) in [5, 5.41) is 11.7. The van der Waals surface area contributed by atoms with Crippen molar-refractivity contribution >= 4 is 12.4 Å². The molecule has 1 aliphatic heterocycles. The van der Waals surface area contributed by atoms with Crippen molar-refractivity contribution < 1.29 is 4.74 Å². The van der Waals surface area contributed by atoms with E-state index in [1.807, 2.05) is 35.1 Å². The van der Waals surface area contributed by atoms with Crippen LogP contribution in [0.1, 0.15) is 24.5 Å². The maximum Gasteiger partial charge on any atom is 0.119 e. The third-order valence-electron chi connectivity index (χ3n) is 3.65. The number of methoxy groups -OCH3 is 1. The van der Waals surface area contributed by atoms with Crippen molar-refractivity contribution in [2.24, 2.45) is 0 Å². The molecule has 0 aliphatic carbocycles. The summed E-state index contributed by atoms with van der Waals surface area (Å²) in [6, 6.07) is 7.92. The van der Waals surface area contributed by atoms with Gasteiger partial charge in [0, 0.05) is 5.92 Å². The fraction of sp³-hybridized carbons (Fsp3) is 0.429. The van der Waals surface area contributed by atoms with Crippen LogP contribution < -0.4 is 10.1 Å². The Labute approximate surface area is 124 Å². The fourth-order valence-corrected chi connectivity index (χ4v) is 2.56. The summed E-state index contributed by atoms with van der Waals surface area (Å²) in [5.74, 6) is 1.39. The average molecular weight is 295 g/mol. The van der Waals surface area contributed by atoms with Crippen LogP contribution in [-0.4, -0.2) is 35.2 Å². The van der Waals surface area contributed by atoms with Gasteiger partial charge in [0.1, 0.15) is 5.75 Å². The van der Waals surface area contributed by atoms with Gasteiger partial charge in [-0.05, 0) is 50.2 Å². The SMILES string of the molecule is COc1ccc(-n2nncc2C2CCNCC2)cc1.Cl. The molecular formula is C14H19ClN4O. The molecule has 0 radical (unpaired) electrons. The minimum atomic E-state index is 0. The highest BCUT2D eigenvalue weighted by Crippen LogP contribution is 2.26. The first-order valence-electron chi connectivity index (χ1n) is 6.64. The lowest BCUT2D eigenvalue weighted by Gasteiger charge is -2.22. The molecule has 1 aromatic carbocycles. The number of rotatable bonds is 3. The second-order valence-electron chi connectivity index (χ2n) is 4.79. The molecule has 2 aromatic rings. The van der Waals surface area contributed by atoms with Crippen LogP contribution in [0.4, 0.5) is 0 Å². The second-order valence-corrected chi connectivity index (χ2v) is 4.79. The standard InChI is InChI=1S/C14H18N4O.ClH/c1-19-13-4-2-12(3-5-13)18-14(10-16-17-18)11-6-8-15-9-7-11;/h2-5,10-11,15H,6-9H2,1H3;1H. The van der Waals surface area contributed by atoms with E-state index in [2.05, 4.69) is 15.6 Å². The molecule has 6 heteroatoms. The summed E-state index contributed by atoms with van der Waals surface area (Å²) in [4.78, 5) is 0. The van der Waals surface area contributed by atoms with Crippen LogP contribution in [-0.2, 0) is 0 Å². The van der Waals surface area contributed by atoms with E-state index in [0.717, 1.165) is 37.4 Å². The van der Waals surface area contributed by atoms with E-state index < -0.39 is 0 Å². The summed E-state index contributed by atoms with van der Waals surface area (Å²) in [6.45, 7) is 2.14. The van der Waals surface area contributed by atoms with Gasteiger partial charge >= 0.3 is 0 Å². The molecule has 108 valence electrons. The summed E-state index contributed by atoms with van der Waals surface area (Å²) in [5.41, 5.74) is 2.23. The topological polar surface area (TPSA) is 52.0 Å². The predicted molar refractivity (Wildman–Crippen MR) is 80.0 cm³/mol. The molecule has 1 aliphatic rings. The van der Waals surface area contributed by atoms with Crippen LogP contribution in [0.5, 0.6) is 5.75 Å². The Hall–Kier alpha value is -1.59. The lowest BCUT2D eigenvalue weighted by molar-refractivity contribution is 0.414. The number of nitrogens with zero attached hydrogens (tertiary/aromatic N) is 3. The van der Waals surface area contributed by atoms with Crippen LogP contribution in [0.25, 0.3) is 5.69 Å². The highest BCUT2D eigenvalue weighted by Gasteiger charge is 2.20. The Kier molecular flexibility index (Phi) is 4.98. The first kappa shape index (κ1) is 14.8. The monoisotopic (exact) mass is 294 g/mol. The molecular weight excluding hydrogens is 276 g/mol. The van der Waals surface area contributed by atoms with Gasteiger partial charge in [0.2, 0.25) is 0 Å². The highest BCUT2D eigenvalue weighted by atomic mass is 35.5. The molecule has 5 nitrogen and oxygen atoms in total. The number of ether oxygens (including phenoxy) is 1. The molecule has 0 saturated carbocycles. The smallest absolute Gasteiger partial charge is 0.119 e. The summed E-state index contributed by atoms with van der Waals surface area (Å²) < 4.78 is 7.12. The number of halogens is 1. The van der Waals surface area contributed by atoms with Gasteiger partial charge in [-0.15, -0.1) is 17.5 Å². The summed E-state index contributed by atoms with van der Waals surface area (Å²) in [7, 11) is 1.67. The lowest BCUT2D eigenvalue weighted by atomic mass is 9.95. The van der Waals surface area contributed by atoms with Crippen molar-refractivity contribution in [3.05, 3.63) is 36.2 Å². The number of hydrogen-bond donors (Lipinski definition) is 1. The predicted octanol–water partition coefficient (Wildman–Crippen LogP) is 2.16. The largest absolute Gasteiger partial charge is 0.497 e. The molecule has 20 heavy (non-hydrogen) atoms. The first-order valence-corrected chi connectivity index (χ1v) is 6.64. The van der Waals surface area contributed by atoms with Gasteiger partial charge in [0.25, 0.3) is 0 Å². The molecule has 0 unspecified atom stereocenters. The fourth-order valence-electron chi connectivity index (χ4n) is 2.56. The van der Waals surface area contributed by atoms with E-state index in [-0.39, 0.29) is 12.4 Å². The van der Waals surface area contributed by atoms with E-state index in [1.54, 1.807) is 7.11 Å². The highest BCUT2D eigenvalue weighted by molar-refractivity contribution is 5.85. The summed E-state index contributed by atoms with van der Waals surface area (Å²) >= 11 is 0. The van der Waals surface area contributed by atoms with E-state index in [9.17, 15) is 0 Å². The first-order chi connectivity index (χ1) is 9.38. The quantitative estimate of drug-likeness (QED) is 0.942. The zero-order valence-corrected chi connectivity index (χ0v) is 12.3. The van der Waals surface area contributed by atoms with E-state index in [4.69, 9.17) is 4.74 Å². The van der Waals surface area contributed by atoms with Crippen LogP contribution in [0.15, 0.2) is 30.5 Å². The maximum atomic E-state index is 5.18. The van der Waals surface area contributed by atoms with Crippen LogP contribution in [0.2, 0.25) is 0 Å². The van der Waals surface area contributed by atoms with Crippen molar-refractivity contribution in [2.75, 3.05) is 20.2 Å². The van der Waals surface area contributed by atoms with Crippen molar-refractivity contribution in [2.45, 2.75) is 18.8 Å². The second kappa shape index (κ2) is 6.72. The normalized spacial score (nSPS) is 15.7. The number of aromatic nitrogens is 3. The van der Waals surface area contributed by atoms with Gasteiger partial charge < -0.3 is 10.1 Å². The molecule has 0 atom stereocenters. The Bertz CT molecular complexity index is 534. The Morgan fingerprint density at radius 2 is 1.90 bits per heavy atom. The van der Waals surface area contributed by atoms with E-state index in [1.165, 1.54) is 5.69 Å². The van der Waals surface area contributed by atoms with Gasteiger partial charge in [0.05, 0.1) is 24.7 Å². The third-order valence-corrected chi connectivity index (χ3v) is 3.65. The Morgan fingerprint density at radius 1 is 1.20 bits per heavy atom. The van der Waals surface area contributed by atoms with Crippen LogP contribution >= 0.6 is 12.4 Å². The van der Waals surface area contributed by atoms with E-state index >= 15 is 0 Å². The van der Waals surface area contributed by atoms with Crippen molar-refractivity contribution in [1.82, 2.24) is 20.3 Å². The van der Waals surface area contributed by atoms with Crippen molar-refractivity contribution in [3.63, 3.8) is 0 Å². The average Bonchev–Trinajstić information content (AvgIpc) is 2.98. The molecule has 2 heterocycles. The van der Waals surface area contributed by atoms with Gasteiger partial charge in [-0.1, -0.05) is 5.21 Å². The Balaban J connectivity index is 0.00000147. The number of hydrogen-bond acceptors (Lipinski definition) is 4. The van der Waals surface area contributed by atoms with Crippen LogP contribution in [0.3, 0.4) is 0 Å². The maximum absolute atomic E-state index is 5.18. The molecule has 1 N–H and O–H groups in total. The lowest BCUT2D eigenvalue weighted by Crippen LogP contribution is -2.27. The summed E-state index contributed by atoms with van der Waals surface area (Å²) in [6.07, 6.45) is 4.17. The molecule has 3 rings (SSSR count). The minimum Gasteiger partial charge on any atom is -0.497 e. The number of nitrogens with one attached hydrogen (secondary N) is 1. The van der Waals surface area contributed by atoms with Gasteiger partial charge in [-0.3, -0.25) is 0 Å². The van der Waals surface area contributed by atoms with Gasteiger partial charge in [-0.25, -0.2) is 4.68 Å². The van der Waals surface area contributed by atoms with Crippen molar-refractivity contribution in [1.29, 1.82) is 0 Å². The molecule has 1 aromatic heterocycles. The van der Waals surface area contributed by atoms with Gasteiger partial charge in [0.15, 0.2) is 0 Å². The van der Waals surface area contributed by atoms with Crippen LogP contribution in [0, 0.1) is 0 Å². The minimum absolute atomic E-state index is 0. The molecule has 1 fully saturated rings. The molecule has 0 amide bonds. The number of benzene rings is 1. The number of piperidine rings is 1. The molecule has 0 bridgehead atoms.